The molecular weight excluding hydrogens is 569 g/mol. The zero-order valence-electron chi connectivity index (χ0n) is 23.0. The molecular formula is C31H35Cl2NO7. The van der Waals surface area contributed by atoms with E-state index in [0.717, 1.165) is 16.7 Å². The molecule has 0 aromatic heterocycles. The number of carboxylic acids is 1. The minimum atomic E-state index is -0.995. The number of hydrogen-bond donors (Lipinski definition) is 1. The highest BCUT2D eigenvalue weighted by atomic mass is 35.5. The SMILES string of the molecule is CCOC(Cc1ccc(OCCN(CCCOCc2cc(Cl)cc(Cl)c2)C(=O)OCc2ccccc2)cc1)C(=O)O. The Labute approximate surface area is 250 Å². The summed E-state index contributed by atoms with van der Waals surface area (Å²) in [6.07, 6.45) is -0.482. The average Bonchev–Trinajstić information content (AvgIpc) is 2.95. The van der Waals surface area contributed by atoms with Gasteiger partial charge in [-0.2, -0.15) is 0 Å². The standard InChI is InChI=1S/C31H35Cl2NO7/c1-2-39-29(30(35)36)19-23-9-11-28(12-10-23)40-16-14-34(31(37)41-22-24-7-4-3-5-8-24)13-6-15-38-21-25-17-26(32)20-27(33)18-25/h3-5,7-12,17-18,20,29H,2,6,13-16,19,21-22H2,1H3,(H,35,36). The fourth-order valence-electron chi connectivity index (χ4n) is 3.97. The summed E-state index contributed by atoms with van der Waals surface area (Å²) in [4.78, 5) is 25.8. The van der Waals surface area contributed by atoms with Crippen molar-refractivity contribution in [3.8, 4) is 5.75 Å². The van der Waals surface area contributed by atoms with Crippen LogP contribution in [-0.2, 0) is 38.6 Å². The first-order valence-corrected chi connectivity index (χ1v) is 14.1. The summed E-state index contributed by atoms with van der Waals surface area (Å²) in [6.45, 7) is 4.01. The molecule has 0 saturated carbocycles. The molecule has 3 rings (SSSR count). The van der Waals surface area contributed by atoms with E-state index in [1.807, 2.05) is 30.3 Å². The topological polar surface area (TPSA) is 94.5 Å². The monoisotopic (exact) mass is 603 g/mol. The van der Waals surface area contributed by atoms with E-state index in [-0.39, 0.29) is 19.6 Å². The van der Waals surface area contributed by atoms with Crippen LogP contribution in [0.3, 0.4) is 0 Å². The van der Waals surface area contributed by atoms with E-state index >= 15 is 0 Å². The smallest absolute Gasteiger partial charge is 0.410 e. The molecule has 1 unspecified atom stereocenters. The lowest BCUT2D eigenvalue weighted by Crippen LogP contribution is -2.36. The van der Waals surface area contributed by atoms with Gasteiger partial charge in [0, 0.05) is 36.2 Å². The summed E-state index contributed by atoms with van der Waals surface area (Å²) in [6, 6.07) is 21.9. The van der Waals surface area contributed by atoms with Gasteiger partial charge in [-0.3, -0.25) is 0 Å². The van der Waals surface area contributed by atoms with Crippen molar-refractivity contribution < 1.29 is 33.6 Å². The first-order chi connectivity index (χ1) is 19.8. The number of hydrogen-bond acceptors (Lipinski definition) is 6. The van der Waals surface area contributed by atoms with Crippen LogP contribution in [0.2, 0.25) is 10.0 Å². The van der Waals surface area contributed by atoms with E-state index in [1.54, 1.807) is 54.3 Å². The Morgan fingerprint density at radius 2 is 1.56 bits per heavy atom. The van der Waals surface area contributed by atoms with E-state index in [9.17, 15) is 14.7 Å². The predicted molar refractivity (Wildman–Crippen MR) is 158 cm³/mol. The molecule has 0 aliphatic heterocycles. The summed E-state index contributed by atoms with van der Waals surface area (Å²) in [7, 11) is 0. The van der Waals surface area contributed by atoms with Crippen molar-refractivity contribution in [2.24, 2.45) is 0 Å². The van der Waals surface area contributed by atoms with E-state index in [1.165, 1.54) is 0 Å². The van der Waals surface area contributed by atoms with Crippen LogP contribution in [0, 0.1) is 0 Å². The molecule has 0 spiro atoms. The second kappa shape index (κ2) is 17.5. The van der Waals surface area contributed by atoms with Crippen LogP contribution in [-0.4, -0.2) is 61.1 Å². The summed E-state index contributed by atoms with van der Waals surface area (Å²) >= 11 is 12.1. The van der Waals surface area contributed by atoms with Gasteiger partial charge in [-0.1, -0.05) is 65.7 Å². The number of rotatable bonds is 17. The maximum Gasteiger partial charge on any atom is 0.410 e. The van der Waals surface area contributed by atoms with Gasteiger partial charge in [0.25, 0.3) is 0 Å². The Kier molecular flexibility index (Phi) is 13.8. The Balaban J connectivity index is 1.49. The molecule has 220 valence electrons. The number of carbonyl (C=O) groups is 2. The van der Waals surface area contributed by atoms with E-state index < -0.39 is 18.2 Å². The maximum atomic E-state index is 12.9. The van der Waals surface area contributed by atoms with Crippen LogP contribution in [0.25, 0.3) is 0 Å². The highest BCUT2D eigenvalue weighted by Crippen LogP contribution is 2.20. The first kappa shape index (κ1) is 32.2. The Bertz CT molecular complexity index is 1200. The number of ether oxygens (including phenoxy) is 4. The molecule has 3 aromatic carbocycles. The third-order valence-electron chi connectivity index (χ3n) is 5.99. The minimum Gasteiger partial charge on any atom is -0.492 e. The molecule has 1 N–H and O–H groups in total. The first-order valence-electron chi connectivity index (χ1n) is 13.4. The van der Waals surface area contributed by atoms with Gasteiger partial charge in [-0.25, -0.2) is 9.59 Å². The number of carbonyl (C=O) groups excluding carboxylic acids is 1. The van der Waals surface area contributed by atoms with Crippen LogP contribution in [0.5, 0.6) is 5.75 Å². The Hall–Kier alpha value is -3.30. The lowest BCUT2D eigenvalue weighted by atomic mass is 10.1. The van der Waals surface area contributed by atoms with E-state index in [2.05, 4.69) is 0 Å². The van der Waals surface area contributed by atoms with Crippen LogP contribution >= 0.6 is 23.2 Å². The van der Waals surface area contributed by atoms with Gasteiger partial charge in [0.15, 0.2) is 6.10 Å². The highest BCUT2D eigenvalue weighted by molar-refractivity contribution is 6.34. The zero-order chi connectivity index (χ0) is 29.5. The molecule has 0 fully saturated rings. The lowest BCUT2D eigenvalue weighted by Gasteiger charge is -2.22. The lowest BCUT2D eigenvalue weighted by molar-refractivity contribution is -0.149. The summed E-state index contributed by atoms with van der Waals surface area (Å²) < 4.78 is 22.4. The van der Waals surface area contributed by atoms with Gasteiger partial charge in [0.05, 0.1) is 13.2 Å². The highest BCUT2D eigenvalue weighted by Gasteiger charge is 2.18. The molecule has 0 aliphatic carbocycles. The largest absolute Gasteiger partial charge is 0.492 e. The molecule has 0 saturated heterocycles. The molecule has 41 heavy (non-hydrogen) atoms. The van der Waals surface area contributed by atoms with Crippen molar-refractivity contribution >= 4 is 35.3 Å². The number of halogens is 2. The third kappa shape index (κ3) is 12.0. The van der Waals surface area contributed by atoms with Crippen LogP contribution in [0.4, 0.5) is 4.79 Å². The molecule has 8 nitrogen and oxygen atoms in total. The summed E-state index contributed by atoms with van der Waals surface area (Å²) in [5, 5.41) is 10.4. The van der Waals surface area contributed by atoms with E-state index in [0.29, 0.717) is 55.1 Å². The van der Waals surface area contributed by atoms with E-state index in [4.69, 9.17) is 42.1 Å². The normalized spacial score (nSPS) is 11.6. The number of carboxylic acid groups (broad SMARTS) is 1. The quantitative estimate of drug-likeness (QED) is 0.173. The number of nitrogens with zero attached hydrogens (tertiary/aromatic N) is 1. The Morgan fingerprint density at radius 3 is 2.22 bits per heavy atom. The van der Waals surface area contributed by atoms with Crippen LogP contribution < -0.4 is 4.74 Å². The second-order valence-electron chi connectivity index (χ2n) is 9.19. The molecule has 10 heteroatoms. The van der Waals surface area contributed by atoms with Crippen LogP contribution in [0.15, 0.2) is 72.8 Å². The Morgan fingerprint density at radius 1 is 0.854 bits per heavy atom. The number of benzene rings is 3. The predicted octanol–water partition coefficient (Wildman–Crippen LogP) is 6.65. The van der Waals surface area contributed by atoms with Crippen molar-refractivity contribution in [1.29, 1.82) is 0 Å². The van der Waals surface area contributed by atoms with Gasteiger partial charge >= 0.3 is 12.1 Å². The fraction of sp³-hybridized carbons (Fsp3) is 0.355. The molecule has 0 heterocycles. The van der Waals surface area contributed by atoms with Gasteiger partial charge in [-0.15, -0.1) is 0 Å². The molecule has 1 atom stereocenters. The molecule has 0 bridgehead atoms. The molecule has 0 aliphatic rings. The molecule has 0 radical (unpaired) electrons. The second-order valence-corrected chi connectivity index (χ2v) is 10.1. The van der Waals surface area contributed by atoms with Gasteiger partial charge in [0.1, 0.15) is 19.0 Å². The third-order valence-corrected chi connectivity index (χ3v) is 6.43. The maximum absolute atomic E-state index is 12.9. The van der Waals surface area contributed by atoms with Crippen molar-refractivity contribution in [2.75, 3.05) is 32.9 Å². The van der Waals surface area contributed by atoms with Crippen LogP contribution in [0.1, 0.15) is 30.0 Å². The minimum absolute atomic E-state index is 0.170. The van der Waals surface area contributed by atoms with Gasteiger partial charge in [-0.05, 0) is 60.4 Å². The summed E-state index contributed by atoms with van der Waals surface area (Å²) in [5.74, 6) is -0.385. The number of aliphatic carboxylic acids is 1. The van der Waals surface area contributed by atoms with Gasteiger partial charge in [0.2, 0.25) is 0 Å². The van der Waals surface area contributed by atoms with Crippen molar-refractivity contribution in [3.05, 3.63) is 99.5 Å². The summed E-state index contributed by atoms with van der Waals surface area (Å²) in [5.41, 5.74) is 2.59. The van der Waals surface area contributed by atoms with Crippen molar-refractivity contribution in [2.45, 2.75) is 39.1 Å². The zero-order valence-corrected chi connectivity index (χ0v) is 24.5. The van der Waals surface area contributed by atoms with Crippen molar-refractivity contribution in [1.82, 2.24) is 4.90 Å². The number of amides is 1. The molecule has 1 amide bonds. The van der Waals surface area contributed by atoms with Gasteiger partial charge < -0.3 is 29.0 Å². The average molecular weight is 605 g/mol. The fourth-order valence-corrected chi connectivity index (χ4v) is 4.55. The van der Waals surface area contributed by atoms with Crippen molar-refractivity contribution in [3.63, 3.8) is 0 Å². The molecule has 3 aromatic rings.